The molecule has 1 atom stereocenters. The minimum Gasteiger partial charge on any atom is -0.497 e. The highest BCUT2D eigenvalue weighted by Crippen LogP contribution is 2.24. The Morgan fingerprint density at radius 1 is 1.07 bits per heavy atom. The normalized spacial score (nSPS) is 11.6. The van der Waals surface area contributed by atoms with E-state index in [1.54, 1.807) is 37.3 Å². The number of benzene rings is 2. The molecule has 1 N–H and O–H groups in total. The number of ether oxygens (including phenoxy) is 1. The summed E-state index contributed by atoms with van der Waals surface area (Å²) >= 11 is 12.0. The van der Waals surface area contributed by atoms with E-state index in [0.29, 0.717) is 23.0 Å². The molecule has 2 aromatic rings. The lowest BCUT2D eigenvalue weighted by atomic mass is 10.1. The van der Waals surface area contributed by atoms with Crippen LogP contribution in [0.3, 0.4) is 0 Å². The van der Waals surface area contributed by atoms with Gasteiger partial charge >= 0.3 is 0 Å². The van der Waals surface area contributed by atoms with E-state index in [4.69, 9.17) is 27.9 Å². The molecule has 150 valence electrons. The van der Waals surface area contributed by atoms with Crippen molar-refractivity contribution in [3.63, 3.8) is 0 Å². The Bertz CT molecular complexity index is 825. The van der Waals surface area contributed by atoms with Gasteiger partial charge in [-0.1, -0.05) is 48.3 Å². The van der Waals surface area contributed by atoms with Crippen molar-refractivity contribution in [2.24, 2.45) is 0 Å². The number of methoxy groups -OCH3 is 1. The molecule has 0 unspecified atom stereocenters. The van der Waals surface area contributed by atoms with Gasteiger partial charge in [-0.3, -0.25) is 9.59 Å². The van der Waals surface area contributed by atoms with Gasteiger partial charge in [0.25, 0.3) is 0 Å². The molecule has 0 saturated carbocycles. The van der Waals surface area contributed by atoms with Crippen LogP contribution in [0.15, 0.2) is 42.5 Å². The number of halogens is 2. The largest absolute Gasteiger partial charge is 0.497 e. The molecule has 2 rings (SSSR count). The maximum atomic E-state index is 13.1. The van der Waals surface area contributed by atoms with Gasteiger partial charge in [-0.2, -0.15) is 0 Å². The molecule has 0 radical (unpaired) electrons. The molecule has 0 aliphatic rings. The van der Waals surface area contributed by atoms with Crippen molar-refractivity contribution >= 4 is 35.0 Å². The summed E-state index contributed by atoms with van der Waals surface area (Å²) in [5, 5.41) is 3.47. The summed E-state index contributed by atoms with van der Waals surface area (Å²) in [6.07, 6.45) is 0.628. The fourth-order valence-electron chi connectivity index (χ4n) is 2.94. The molecule has 28 heavy (non-hydrogen) atoms. The summed E-state index contributed by atoms with van der Waals surface area (Å²) in [6, 6.07) is 12.0. The zero-order valence-corrected chi connectivity index (χ0v) is 17.7. The van der Waals surface area contributed by atoms with Gasteiger partial charge in [-0.05, 0) is 41.8 Å². The van der Waals surface area contributed by atoms with E-state index >= 15 is 0 Å². The van der Waals surface area contributed by atoms with Gasteiger partial charge < -0.3 is 15.0 Å². The van der Waals surface area contributed by atoms with Crippen molar-refractivity contribution < 1.29 is 14.3 Å². The van der Waals surface area contributed by atoms with E-state index < -0.39 is 6.04 Å². The predicted molar refractivity (Wildman–Crippen MR) is 112 cm³/mol. The van der Waals surface area contributed by atoms with E-state index in [1.807, 2.05) is 31.2 Å². The molecule has 0 heterocycles. The smallest absolute Gasteiger partial charge is 0.242 e. The molecule has 0 spiro atoms. The number of nitrogens with one attached hydrogen (secondary N) is 1. The van der Waals surface area contributed by atoms with Gasteiger partial charge in [0.15, 0.2) is 0 Å². The van der Waals surface area contributed by atoms with Crippen molar-refractivity contribution in [1.29, 1.82) is 0 Å². The minimum absolute atomic E-state index is 0.126. The van der Waals surface area contributed by atoms with Crippen LogP contribution in [0.25, 0.3) is 0 Å². The number of likely N-dealkylation sites (N-methyl/N-ethyl adjacent to an activating group) is 1. The Morgan fingerprint density at radius 3 is 2.25 bits per heavy atom. The third kappa shape index (κ3) is 5.63. The first-order valence-corrected chi connectivity index (χ1v) is 9.73. The van der Waals surface area contributed by atoms with E-state index in [0.717, 1.165) is 16.9 Å². The molecule has 0 saturated heterocycles. The average molecular weight is 423 g/mol. The highest BCUT2D eigenvalue weighted by atomic mass is 35.5. The Hall–Kier alpha value is -2.24. The van der Waals surface area contributed by atoms with Crippen LogP contribution in [-0.4, -0.2) is 36.9 Å². The molecule has 0 aliphatic carbocycles. The van der Waals surface area contributed by atoms with E-state index in [9.17, 15) is 9.59 Å². The van der Waals surface area contributed by atoms with Gasteiger partial charge in [0.1, 0.15) is 11.8 Å². The highest BCUT2D eigenvalue weighted by Gasteiger charge is 2.28. The Kier molecular flexibility index (Phi) is 8.15. The first-order chi connectivity index (χ1) is 13.4. The molecule has 7 heteroatoms. The lowest BCUT2D eigenvalue weighted by molar-refractivity contribution is -0.140. The fourth-order valence-corrected chi connectivity index (χ4v) is 3.26. The quantitative estimate of drug-likeness (QED) is 0.696. The zero-order chi connectivity index (χ0) is 20.7. The molecule has 5 nitrogen and oxygen atoms in total. The fraction of sp³-hybridized carbons (Fsp3) is 0.333. The average Bonchev–Trinajstić information content (AvgIpc) is 2.70. The van der Waals surface area contributed by atoms with E-state index in [1.165, 1.54) is 0 Å². The van der Waals surface area contributed by atoms with Crippen LogP contribution in [0.5, 0.6) is 5.75 Å². The molecule has 0 fully saturated rings. The third-order valence-electron chi connectivity index (χ3n) is 4.48. The van der Waals surface area contributed by atoms with Crippen LogP contribution in [0, 0.1) is 0 Å². The van der Waals surface area contributed by atoms with Crippen LogP contribution in [0.4, 0.5) is 0 Å². The molecule has 0 bridgehead atoms. The van der Waals surface area contributed by atoms with Crippen LogP contribution in [-0.2, 0) is 22.6 Å². The number of rotatable bonds is 8. The van der Waals surface area contributed by atoms with Crippen molar-refractivity contribution in [3.05, 3.63) is 63.6 Å². The number of amides is 2. The van der Waals surface area contributed by atoms with Gasteiger partial charge in [0.05, 0.1) is 23.6 Å². The Labute approximate surface area is 175 Å². The summed E-state index contributed by atoms with van der Waals surface area (Å²) in [6.45, 7) is 2.20. The monoisotopic (exact) mass is 422 g/mol. The lowest BCUT2D eigenvalue weighted by Crippen LogP contribution is -2.48. The topological polar surface area (TPSA) is 58.6 Å². The standard InChI is InChI=1S/C21H24Cl2N2O3/c1-4-19(21(27)24-2)25(13-14-5-8-16(28-3)9-6-14)20(26)12-15-7-10-17(22)18(23)11-15/h5-11,19H,4,12-13H2,1-3H3,(H,24,27)/t19-/m1/s1. The first kappa shape index (κ1) is 22.1. The summed E-state index contributed by atoms with van der Waals surface area (Å²) in [4.78, 5) is 27.1. The molecular weight excluding hydrogens is 399 g/mol. The molecule has 0 aromatic heterocycles. The second-order valence-electron chi connectivity index (χ2n) is 6.33. The lowest BCUT2D eigenvalue weighted by Gasteiger charge is -2.30. The van der Waals surface area contributed by atoms with Crippen LogP contribution < -0.4 is 10.1 Å². The Morgan fingerprint density at radius 2 is 1.71 bits per heavy atom. The second kappa shape index (κ2) is 10.3. The van der Waals surface area contributed by atoms with Crippen molar-refractivity contribution in [2.75, 3.05) is 14.2 Å². The van der Waals surface area contributed by atoms with Crippen molar-refractivity contribution in [2.45, 2.75) is 32.4 Å². The highest BCUT2D eigenvalue weighted by molar-refractivity contribution is 6.42. The summed E-state index contributed by atoms with van der Waals surface area (Å²) < 4.78 is 5.18. The predicted octanol–water partition coefficient (Wildman–Crippen LogP) is 4.10. The zero-order valence-electron chi connectivity index (χ0n) is 16.2. The number of carbonyl (C=O) groups is 2. The van der Waals surface area contributed by atoms with Crippen molar-refractivity contribution in [3.8, 4) is 5.75 Å². The summed E-state index contributed by atoms with van der Waals surface area (Å²) in [7, 11) is 3.17. The maximum absolute atomic E-state index is 13.1. The van der Waals surface area contributed by atoms with Crippen LogP contribution in [0.1, 0.15) is 24.5 Å². The SMILES string of the molecule is CC[C@H](C(=O)NC)N(Cc1ccc(OC)cc1)C(=O)Cc1ccc(Cl)c(Cl)c1. The van der Waals surface area contributed by atoms with Crippen LogP contribution >= 0.6 is 23.2 Å². The summed E-state index contributed by atoms with van der Waals surface area (Å²) in [5.41, 5.74) is 1.65. The van der Waals surface area contributed by atoms with Crippen LogP contribution in [0.2, 0.25) is 10.0 Å². The number of nitrogens with zero attached hydrogens (tertiary/aromatic N) is 1. The molecule has 2 amide bonds. The number of hydrogen-bond donors (Lipinski definition) is 1. The molecule has 0 aliphatic heterocycles. The minimum atomic E-state index is -0.567. The number of hydrogen-bond acceptors (Lipinski definition) is 3. The van der Waals surface area contributed by atoms with Gasteiger partial charge in [-0.15, -0.1) is 0 Å². The summed E-state index contributed by atoms with van der Waals surface area (Å²) in [5.74, 6) is 0.374. The number of carbonyl (C=O) groups excluding carboxylic acids is 2. The van der Waals surface area contributed by atoms with Gasteiger partial charge in [0.2, 0.25) is 11.8 Å². The van der Waals surface area contributed by atoms with Gasteiger partial charge in [0, 0.05) is 13.6 Å². The van der Waals surface area contributed by atoms with Gasteiger partial charge in [-0.25, -0.2) is 0 Å². The maximum Gasteiger partial charge on any atom is 0.242 e. The molecule has 2 aromatic carbocycles. The van der Waals surface area contributed by atoms with Crippen molar-refractivity contribution in [1.82, 2.24) is 10.2 Å². The Balaban J connectivity index is 2.28. The molecular formula is C21H24Cl2N2O3. The second-order valence-corrected chi connectivity index (χ2v) is 7.15. The third-order valence-corrected chi connectivity index (χ3v) is 5.22. The first-order valence-electron chi connectivity index (χ1n) is 8.97. The van der Waals surface area contributed by atoms with E-state index in [-0.39, 0.29) is 18.2 Å². The van der Waals surface area contributed by atoms with E-state index in [2.05, 4.69) is 5.32 Å².